The summed E-state index contributed by atoms with van der Waals surface area (Å²) in [6.07, 6.45) is 6.93. The molecule has 1 N–H and O–H groups in total. The number of hydrogen-bond acceptors (Lipinski definition) is 3. The Labute approximate surface area is 143 Å². The molecule has 0 unspecified atom stereocenters. The van der Waals surface area contributed by atoms with Gasteiger partial charge in [0.1, 0.15) is 0 Å². The highest BCUT2D eigenvalue weighted by molar-refractivity contribution is 5.98. The third-order valence-electron chi connectivity index (χ3n) is 5.46. The second kappa shape index (κ2) is 7.93. The Morgan fingerprint density at radius 2 is 1.75 bits per heavy atom. The highest BCUT2D eigenvalue weighted by Crippen LogP contribution is 2.23. The number of ketones is 1. The maximum atomic E-state index is 12.4. The molecular weight excluding hydrogens is 302 g/mol. The SMILES string of the molecule is O=C(CCC(=O)N1CCC(CO)CC1)c1ccc2c(c1)CCCC2. The molecule has 0 spiro atoms. The van der Waals surface area contributed by atoms with Gasteiger partial charge in [-0.15, -0.1) is 0 Å². The lowest BCUT2D eigenvalue weighted by Crippen LogP contribution is -2.39. The van der Waals surface area contributed by atoms with Crippen molar-refractivity contribution in [2.24, 2.45) is 5.92 Å². The molecule has 1 aromatic carbocycles. The van der Waals surface area contributed by atoms with Crippen molar-refractivity contribution in [1.29, 1.82) is 0 Å². The van der Waals surface area contributed by atoms with Crippen LogP contribution < -0.4 is 0 Å². The van der Waals surface area contributed by atoms with Crippen LogP contribution in [0.15, 0.2) is 18.2 Å². The second-order valence-electron chi connectivity index (χ2n) is 7.12. The second-order valence-corrected chi connectivity index (χ2v) is 7.12. The number of Topliss-reactive ketones (excluding diaryl/α,β-unsaturated/α-hetero) is 1. The summed E-state index contributed by atoms with van der Waals surface area (Å²) < 4.78 is 0. The van der Waals surface area contributed by atoms with E-state index in [0.717, 1.165) is 31.2 Å². The summed E-state index contributed by atoms with van der Waals surface area (Å²) in [6, 6.07) is 6.04. The van der Waals surface area contributed by atoms with Crippen molar-refractivity contribution in [1.82, 2.24) is 4.90 Å². The van der Waals surface area contributed by atoms with Gasteiger partial charge in [0.2, 0.25) is 5.91 Å². The average Bonchev–Trinajstić information content (AvgIpc) is 2.65. The molecule has 0 atom stereocenters. The van der Waals surface area contributed by atoms with E-state index in [1.165, 1.54) is 24.0 Å². The molecule has 1 aliphatic carbocycles. The topological polar surface area (TPSA) is 57.6 Å². The molecule has 4 heteroatoms. The van der Waals surface area contributed by atoms with Crippen LogP contribution in [-0.4, -0.2) is 41.4 Å². The molecule has 3 rings (SSSR count). The number of amides is 1. The van der Waals surface area contributed by atoms with Crippen LogP contribution >= 0.6 is 0 Å². The van der Waals surface area contributed by atoms with Crippen LogP contribution in [0.1, 0.15) is 60.0 Å². The van der Waals surface area contributed by atoms with Gasteiger partial charge in [0.15, 0.2) is 5.78 Å². The molecule has 0 aromatic heterocycles. The number of piperidine rings is 1. The van der Waals surface area contributed by atoms with Gasteiger partial charge in [-0.25, -0.2) is 0 Å². The van der Waals surface area contributed by atoms with Crippen LogP contribution in [0.4, 0.5) is 0 Å². The lowest BCUT2D eigenvalue weighted by molar-refractivity contribution is -0.132. The Morgan fingerprint density at radius 3 is 2.46 bits per heavy atom. The van der Waals surface area contributed by atoms with E-state index in [1.54, 1.807) is 0 Å². The minimum Gasteiger partial charge on any atom is -0.396 e. The summed E-state index contributed by atoms with van der Waals surface area (Å²) in [5, 5.41) is 9.15. The Morgan fingerprint density at radius 1 is 1.04 bits per heavy atom. The van der Waals surface area contributed by atoms with Crippen LogP contribution in [0.5, 0.6) is 0 Å². The van der Waals surface area contributed by atoms with E-state index in [4.69, 9.17) is 5.11 Å². The van der Waals surface area contributed by atoms with E-state index in [-0.39, 0.29) is 24.7 Å². The van der Waals surface area contributed by atoms with E-state index < -0.39 is 0 Å². The molecule has 1 aromatic rings. The molecule has 1 fully saturated rings. The standard InChI is InChI=1S/C20H27NO3/c22-14-15-9-11-21(12-10-15)20(24)8-7-19(23)18-6-5-16-3-1-2-4-17(16)13-18/h5-6,13,15,22H,1-4,7-12,14H2. The van der Waals surface area contributed by atoms with E-state index >= 15 is 0 Å². The molecule has 2 aliphatic rings. The van der Waals surface area contributed by atoms with Gasteiger partial charge in [0, 0.05) is 38.1 Å². The number of aliphatic hydroxyl groups is 1. The molecule has 1 heterocycles. The van der Waals surface area contributed by atoms with Gasteiger partial charge < -0.3 is 10.0 Å². The maximum Gasteiger partial charge on any atom is 0.223 e. The Kier molecular flexibility index (Phi) is 5.67. The number of carbonyl (C=O) groups excluding carboxylic acids is 2. The lowest BCUT2D eigenvalue weighted by atomic mass is 9.89. The Balaban J connectivity index is 1.51. The third-order valence-corrected chi connectivity index (χ3v) is 5.46. The first-order valence-corrected chi connectivity index (χ1v) is 9.21. The first kappa shape index (κ1) is 17.2. The van der Waals surface area contributed by atoms with E-state index in [0.29, 0.717) is 25.4 Å². The molecule has 130 valence electrons. The van der Waals surface area contributed by atoms with Gasteiger partial charge in [-0.05, 0) is 61.6 Å². The third kappa shape index (κ3) is 4.04. The molecule has 1 aliphatic heterocycles. The molecule has 1 saturated heterocycles. The van der Waals surface area contributed by atoms with Crippen LogP contribution in [0, 0.1) is 5.92 Å². The molecule has 0 radical (unpaired) electrons. The summed E-state index contributed by atoms with van der Waals surface area (Å²) in [7, 11) is 0. The number of aryl methyl sites for hydroxylation is 2. The van der Waals surface area contributed by atoms with E-state index in [1.807, 2.05) is 17.0 Å². The summed E-state index contributed by atoms with van der Waals surface area (Å²) in [5.74, 6) is 0.464. The van der Waals surface area contributed by atoms with E-state index in [9.17, 15) is 9.59 Å². The Hall–Kier alpha value is -1.68. The number of likely N-dealkylation sites (tertiary alicyclic amines) is 1. The van der Waals surface area contributed by atoms with Gasteiger partial charge >= 0.3 is 0 Å². The highest BCUT2D eigenvalue weighted by Gasteiger charge is 2.22. The summed E-state index contributed by atoms with van der Waals surface area (Å²) in [6.45, 7) is 1.62. The van der Waals surface area contributed by atoms with E-state index in [2.05, 4.69) is 6.07 Å². The summed E-state index contributed by atoms with van der Waals surface area (Å²) in [5.41, 5.74) is 3.44. The van der Waals surface area contributed by atoms with Crippen LogP contribution in [0.2, 0.25) is 0 Å². The molecule has 4 nitrogen and oxygen atoms in total. The zero-order chi connectivity index (χ0) is 16.9. The minimum atomic E-state index is 0.0673. The van der Waals surface area contributed by atoms with Crippen molar-refractivity contribution < 1.29 is 14.7 Å². The van der Waals surface area contributed by atoms with Crippen molar-refractivity contribution >= 4 is 11.7 Å². The molecule has 0 bridgehead atoms. The van der Waals surface area contributed by atoms with Gasteiger partial charge in [-0.1, -0.05) is 12.1 Å². The monoisotopic (exact) mass is 329 g/mol. The fraction of sp³-hybridized carbons (Fsp3) is 0.600. The first-order chi connectivity index (χ1) is 11.7. The van der Waals surface area contributed by atoms with Crippen molar-refractivity contribution in [2.75, 3.05) is 19.7 Å². The lowest BCUT2D eigenvalue weighted by Gasteiger charge is -2.31. The largest absolute Gasteiger partial charge is 0.396 e. The number of carbonyl (C=O) groups is 2. The number of fused-ring (bicyclic) bond motifs is 1. The highest BCUT2D eigenvalue weighted by atomic mass is 16.3. The number of aliphatic hydroxyl groups excluding tert-OH is 1. The predicted octanol–water partition coefficient (Wildman–Crippen LogP) is 2.76. The average molecular weight is 329 g/mol. The quantitative estimate of drug-likeness (QED) is 0.845. The zero-order valence-electron chi connectivity index (χ0n) is 14.3. The summed E-state index contributed by atoms with van der Waals surface area (Å²) >= 11 is 0. The molecule has 24 heavy (non-hydrogen) atoms. The van der Waals surface area contributed by atoms with Gasteiger partial charge in [-0.2, -0.15) is 0 Å². The zero-order valence-corrected chi connectivity index (χ0v) is 14.3. The van der Waals surface area contributed by atoms with Crippen molar-refractivity contribution in [3.05, 3.63) is 34.9 Å². The first-order valence-electron chi connectivity index (χ1n) is 9.21. The molecule has 0 saturated carbocycles. The van der Waals surface area contributed by atoms with Gasteiger partial charge in [0.05, 0.1) is 0 Å². The molecular formula is C20H27NO3. The number of benzene rings is 1. The van der Waals surface area contributed by atoms with Crippen LogP contribution in [0.3, 0.4) is 0 Å². The predicted molar refractivity (Wildman–Crippen MR) is 93.0 cm³/mol. The van der Waals surface area contributed by atoms with Gasteiger partial charge in [0.25, 0.3) is 0 Å². The normalized spacial score (nSPS) is 18.3. The molecule has 1 amide bonds. The minimum absolute atomic E-state index is 0.0673. The number of nitrogens with zero attached hydrogens (tertiary/aromatic N) is 1. The maximum absolute atomic E-state index is 12.4. The fourth-order valence-corrected chi connectivity index (χ4v) is 3.79. The number of rotatable bonds is 5. The van der Waals surface area contributed by atoms with Crippen molar-refractivity contribution in [3.63, 3.8) is 0 Å². The van der Waals surface area contributed by atoms with Gasteiger partial charge in [-0.3, -0.25) is 9.59 Å². The van der Waals surface area contributed by atoms with Crippen LogP contribution in [-0.2, 0) is 17.6 Å². The fourth-order valence-electron chi connectivity index (χ4n) is 3.79. The summed E-state index contributed by atoms with van der Waals surface area (Å²) in [4.78, 5) is 26.5. The van der Waals surface area contributed by atoms with Crippen molar-refractivity contribution in [3.8, 4) is 0 Å². The Bertz CT molecular complexity index is 603. The number of hydrogen-bond donors (Lipinski definition) is 1. The van der Waals surface area contributed by atoms with Crippen LogP contribution in [0.25, 0.3) is 0 Å². The smallest absolute Gasteiger partial charge is 0.223 e. The van der Waals surface area contributed by atoms with Crippen molar-refractivity contribution in [2.45, 2.75) is 51.4 Å².